The number of hydrogen-bond acceptors (Lipinski definition) is 7. The van der Waals surface area contributed by atoms with Crippen molar-refractivity contribution >= 4 is 49.8 Å². The van der Waals surface area contributed by atoms with Gasteiger partial charge in [0.2, 0.25) is 0 Å². The third-order valence-corrected chi connectivity index (χ3v) is 8.84. The van der Waals surface area contributed by atoms with E-state index >= 15 is 0 Å². The van der Waals surface area contributed by atoms with E-state index in [1.165, 1.54) is 30.6 Å². The van der Waals surface area contributed by atoms with Crippen LogP contribution in [0.25, 0.3) is 11.3 Å². The summed E-state index contributed by atoms with van der Waals surface area (Å²) in [5.41, 5.74) is 2.31. The topological polar surface area (TPSA) is 97.4 Å². The largest absolute Gasteiger partial charge is 0.497 e. The van der Waals surface area contributed by atoms with E-state index < -0.39 is 15.9 Å². The zero-order valence-electron chi connectivity index (χ0n) is 17.9. The van der Waals surface area contributed by atoms with Crippen molar-refractivity contribution < 1.29 is 17.9 Å². The van der Waals surface area contributed by atoms with Gasteiger partial charge >= 0.3 is 0 Å². The van der Waals surface area contributed by atoms with Crippen molar-refractivity contribution in [1.82, 2.24) is 4.98 Å². The van der Waals surface area contributed by atoms with Crippen LogP contribution >= 0.6 is 23.1 Å². The maximum Gasteiger partial charge on any atom is 0.261 e. The molecule has 3 aromatic carbocycles. The first-order valence-electron chi connectivity index (χ1n) is 10.2. The highest BCUT2D eigenvalue weighted by Gasteiger charge is 2.23. The molecule has 0 saturated heterocycles. The molecular formula is C24H19N3O4S3. The average molecular weight is 510 g/mol. The number of thioether (sulfide) groups is 1. The molecule has 34 heavy (non-hydrogen) atoms. The van der Waals surface area contributed by atoms with E-state index in [1.54, 1.807) is 48.2 Å². The fourth-order valence-electron chi connectivity index (χ4n) is 3.54. The minimum Gasteiger partial charge on any atom is -0.497 e. The zero-order valence-corrected chi connectivity index (χ0v) is 20.4. The highest BCUT2D eigenvalue weighted by Crippen LogP contribution is 2.44. The SMILES string of the molecule is COc1ccc(S(=O)(=O)Nc2ccccc2C(=O)Nc2nc3c(s2)CSc2ccccc2-3)cc1. The number of aromatic nitrogens is 1. The van der Waals surface area contributed by atoms with Gasteiger partial charge in [0, 0.05) is 21.1 Å². The van der Waals surface area contributed by atoms with Gasteiger partial charge in [-0.1, -0.05) is 30.3 Å². The van der Waals surface area contributed by atoms with Gasteiger partial charge in [0.05, 0.1) is 29.0 Å². The molecular weight excluding hydrogens is 490 g/mol. The van der Waals surface area contributed by atoms with Crippen LogP contribution in [0.1, 0.15) is 15.2 Å². The third kappa shape index (κ3) is 4.39. The van der Waals surface area contributed by atoms with E-state index in [1.807, 2.05) is 18.2 Å². The summed E-state index contributed by atoms with van der Waals surface area (Å²) in [5.74, 6) is 0.893. The Morgan fingerprint density at radius 1 is 1.00 bits per heavy atom. The minimum absolute atomic E-state index is 0.0623. The van der Waals surface area contributed by atoms with E-state index in [2.05, 4.69) is 21.1 Å². The predicted octanol–water partition coefficient (Wildman–Crippen LogP) is 5.48. The fraction of sp³-hybridized carbons (Fsp3) is 0.0833. The van der Waals surface area contributed by atoms with Crippen LogP contribution in [0.15, 0.2) is 82.6 Å². The summed E-state index contributed by atoms with van der Waals surface area (Å²) in [4.78, 5) is 20.1. The molecule has 0 radical (unpaired) electrons. The molecule has 5 rings (SSSR count). The number of thiazole rings is 1. The lowest BCUT2D eigenvalue weighted by Gasteiger charge is -2.13. The Bertz CT molecular complexity index is 1480. The highest BCUT2D eigenvalue weighted by molar-refractivity contribution is 7.98. The lowest BCUT2D eigenvalue weighted by molar-refractivity contribution is 0.102. The first kappa shape index (κ1) is 22.5. The van der Waals surface area contributed by atoms with Crippen LogP contribution in [0.3, 0.4) is 0 Å². The molecule has 1 amide bonds. The van der Waals surface area contributed by atoms with Gasteiger partial charge in [0.15, 0.2) is 5.13 Å². The van der Waals surface area contributed by atoms with Gasteiger partial charge in [0.1, 0.15) is 5.75 Å². The maximum absolute atomic E-state index is 13.1. The molecule has 1 aliphatic heterocycles. The molecule has 0 atom stereocenters. The van der Waals surface area contributed by atoms with Crippen LogP contribution in [0, 0.1) is 0 Å². The first-order valence-corrected chi connectivity index (χ1v) is 13.5. The van der Waals surface area contributed by atoms with Gasteiger partial charge in [-0.05, 0) is 42.5 Å². The highest BCUT2D eigenvalue weighted by atomic mass is 32.2. The predicted molar refractivity (Wildman–Crippen MR) is 135 cm³/mol. The molecule has 4 aromatic rings. The summed E-state index contributed by atoms with van der Waals surface area (Å²) in [6.07, 6.45) is 0. The number of fused-ring (bicyclic) bond motifs is 3. The molecule has 0 aliphatic carbocycles. The Hall–Kier alpha value is -3.34. The second kappa shape index (κ2) is 9.13. The van der Waals surface area contributed by atoms with Gasteiger partial charge in [-0.25, -0.2) is 13.4 Å². The summed E-state index contributed by atoms with van der Waals surface area (Å²) in [7, 11) is -2.40. The Morgan fingerprint density at radius 2 is 1.74 bits per heavy atom. The molecule has 10 heteroatoms. The first-order chi connectivity index (χ1) is 16.4. The molecule has 0 saturated carbocycles. The molecule has 2 N–H and O–H groups in total. The van der Waals surface area contributed by atoms with Gasteiger partial charge in [-0.2, -0.15) is 0 Å². The van der Waals surface area contributed by atoms with Gasteiger partial charge in [-0.15, -0.1) is 23.1 Å². The number of methoxy groups -OCH3 is 1. The number of sulfonamides is 1. The van der Waals surface area contributed by atoms with Crippen molar-refractivity contribution in [3.63, 3.8) is 0 Å². The summed E-state index contributed by atoms with van der Waals surface area (Å²) in [6, 6.07) is 20.5. The van der Waals surface area contributed by atoms with Gasteiger partial charge in [0.25, 0.3) is 15.9 Å². The minimum atomic E-state index is -3.90. The van der Waals surface area contributed by atoms with Crippen molar-refractivity contribution in [2.24, 2.45) is 0 Å². The Morgan fingerprint density at radius 3 is 2.53 bits per heavy atom. The van der Waals surface area contributed by atoms with Crippen LogP contribution < -0.4 is 14.8 Å². The molecule has 0 spiro atoms. The number of ether oxygens (including phenoxy) is 1. The van der Waals surface area contributed by atoms with Gasteiger partial charge < -0.3 is 4.74 Å². The van der Waals surface area contributed by atoms with E-state index in [0.717, 1.165) is 26.8 Å². The van der Waals surface area contributed by atoms with Crippen molar-refractivity contribution in [2.75, 3.05) is 17.1 Å². The molecule has 0 fully saturated rings. The molecule has 2 heterocycles. The Balaban J connectivity index is 1.39. The van der Waals surface area contributed by atoms with E-state index in [0.29, 0.717) is 10.9 Å². The second-order valence-corrected chi connectivity index (χ2v) is 11.1. The molecule has 1 aromatic heterocycles. The van der Waals surface area contributed by atoms with E-state index in [9.17, 15) is 13.2 Å². The number of nitrogens with zero attached hydrogens (tertiary/aromatic N) is 1. The normalized spacial score (nSPS) is 12.4. The number of anilines is 2. The fourth-order valence-corrected chi connectivity index (χ4v) is 6.71. The Labute approximate surface area is 205 Å². The standard InChI is InChI=1S/C24H19N3O4S3/c1-31-15-10-12-16(13-11-15)34(29,30)27-19-8-4-2-6-17(19)23(28)26-24-25-22-18-7-3-5-9-20(18)32-14-21(22)33-24/h2-13,27H,14H2,1H3,(H,25,26,28). The van der Waals surface area contributed by atoms with Crippen molar-refractivity contribution in [1.29, 1.82) is 0 Å². The Kier molecular flexibility index (Phi) is 6.03. The number of amides is 1. The molecule has 1 aliphatic rings. The van der Waals surface area contributed by atoms with E-state index in [4.69, 9.17) is 4.74 Å². The number of rotatable bonds is 6. The van der Waals surface area contributed by atoms with Crippen molar-refractivity contribution in [3.8, 4) is 17.0 Å². The number of para-hydroxylation sites is 1. The monoisotopic (exact) mass is 509 g/mol. The smallest absolute Gasteiger partial charge is 0.261 e. The summed E-state index contributed by atoms with van der Waals surface area (Å²) in [6.45, 7) is 0. The van der Waals surface area contributed by atoms with Gasteiger partial charge in [-0.3, -0.25) is 14.8 Å². The summed E-state index contributed by atoms with van der Waals surface area (Å²) in [5, 5.41) is 3.31. The molecule has 0 bridgehead atoms. The summed E-state index contributed by atoms with van der Waals surface area (Å²) >= 11 is 3.17. The number of carbonyl (C=O) groups is 1. The number of nitrogens with one attached hydrogen (secondary N) is 2. The van der Waals surface area contributed by atoms with E-state index in [-0.39, 0.29) is 16.1 Å². The lowest BCUT2D eigenvalue weighted by atomic mass is 10.1. The molecule has 172 valence electrons. The van der Waals surface area contributed by atoms with Crippen LogP contribution in [0.2, 0.25) is 0 Å². The van der Waals surface area contributed by atoms with Crippen molar-refractivity contribution in [2.45, 2.75) is 15.5 Å². The number of hydrogen-bond donors (Lipinski definition) is 2. The molecule has 0 unspecified atom stereocenters. The van der Waals surface area contributed by atoms with Crippen LogP contribution in [-0.2, 0) is 15.8 Å². The third-order valence-electron chi connectivity index (χ3n) is 5.20. The molecule has 7 nitrogen and oxygen atoms in total. The van der Waals surface area contributed by atoms with Crippen LogP contribution in [-0.4, -0.2) is 26.4 Å². The number of carbonyl (C=O) groups excluding carboxylic acids is 1. The van der Waals surface area contributed by atoms with Crippen LogP contribution in [0.4, 0.5) is 10.8 Å². The second-order valence-electron chi connectivity index (χ2n) is 7.36. The van der Waals surface area contributed by atoms with Crippen LogP contribution in [0.5, 0.6) is 5.75 Å². The maximum atomic E-state index is 13.1. The average Bonchev–Trinajstić information content (AvgIpc) is 3.27. The number of benzene rings is 3. The lowest BCUT2D eigenvalue weighted by Crippen LogP contribution is -2.18. The van der Waals surface area contributed by atoms with Crippen molar-refractivity contribution in [3.05, 3.63) is 83.2 Å². The summed E-state index contributed by atoms with van der Waals surface area (Å²) < 4.78 is 33.4. The quantitative estimate of drug-likeness (QED) is 0.357. The zero-order chi connectivity index (χ0) is 23.7.